The van der Waals surface area contributed by atoms with Gasteiger partial charge in [-0.15, -0.1) is 5.10 Å². The minimum absolute atomic E-state index is 0.0397. The summed E-state index contributed by atoms with van der Waals surface area (Å²) in [6, 6.07) is 7.36. The molecule has 0 saturated heterocycles. The summed E-state index contributed by atoms with van der Waals surface area (Å²) >= 11 is 0. The van der Waals surface area contributed by atoms with Crippen molar-refractivity contribution in [1.82, 2.24) is 14.8 Å². The maximum absolute atomic E-state index is 11.5. The van der Waals surface area contributed by atoms with Crippen LogP contribution >= 0.6 is 0 Å². The molecule has 2 atom stereocenters. The van der Waals surface area contributed by atoms with Crippen LogP contribution in [0.1, 0.15) is 46.7 Å². The first-order valence-electron chi connectivity index (χ1n) is 7.07. The van der Waals surface area contributed by atoms with E-state index in [1.54, 1.807) is 19.2 Å². The van der Waals surface area contributed by atoms with E-state index < -0.39 is 0 Å². The average Bonchev–Trinajstić information content (AvgIpc) is 2.94. The maximum atomic E-state index is 11.5. The maximum Gasteiger partial charge on any atom is 0.337 e. The summed E-state index contributed by atoms with van der Waals surface area (Å²) in [4.78, 5) is 15.8. The van der Waals surface area contributed by atoms with Crippen LogP contribution in [0.15, 0.2) is 24.3 Å². The lowest BCUT2D eigenvalue weighted by molar-refractivity contribution is 0.0600. The molecule has 0 bridgehead atoms. The van der Waals surface area contributed by atoms with Crippen LogP contribution in [0.3, 0.4) is 0 Å². The smallest absolute Gasteiger partial charge is 0.337 e. The van der Waals surface area contributed by atoms with Crippen LogP contribution < -0.4 is 5.73 Å². The van der Waals surface area contributed by atoms with Crippen LogP contribution in [0.4, 0.5) is 5.95 Å². The first kappa shape index (κ1) is 14.5. The third-order valence-electron chi connectivity index (χ3n) is 3.96. The molecule has 7 nitrogen and oxygen atoms in total. The van der Waals surface area contributed by atoms with Crippen molar-refractivity contribution in [3.63, 3.8) is 0 Å². The van der Waals surface area contributed by atoms with Gasteiger partial charge < -0.3 is 15.2 Å². The molecule has 2 heterocycles. The number of rotatable bonds is 3. The fraction of sp³-hybridized carbons (Fsp3) is 0.400. The molecule has 1 aromatic carbocycles. The predicted octanol–water partition coefficient (Wildman–Crippen LogP) is 1.72. The molecule has 0 saturated carbocycles. The Bertz CT molecular complexity index is 681. The largest absolute Gasteiger partial charge is 0.465 e. The number of methoxy groups -OCH3 is 2. The Kier molecular flexibility index (Phi) is 3.81. The second-order valence-electron chi connectivity index (χ2n) is 5.20. The number of hydrogen-bond donors (Lipinski definition) is 1. The van der Waals surface area contributed by atoms with Gasteiger partial charge in [0.05, 0.1) is 18.7 Å². The molecular formula is C15H18N4O3. The lowest BCUT2D eigenvalue weighted by atomic mass is 9.95. The van der Waals surface area contributed by atoms with Gasteiger partial charge in [-0.25, -0.2) is 9.48 Å². The molecule has 116 valence electrons. The van der Waals surface area contributed by atoms with E-state index in [0.29, 0.717) is 5.56 Å². The predicted molar refractivity (Wildman–Crippen MR) is 79.3 cm³/mol. The first-order chi connectivity index (χ1) is 10.6. The number of fused-ring (bicyclic) bond motifs is 1. The van der Waals surface area contributed by atoms with Gasteiger partial charge in [0.1, 0.15) is 6.10 Å². The molecule has 2 N–H and O–H groups in total. The third kappa shape index (κ3) is 2.43. The number of nitrogens with zero attached hydrogens (tertiary/aromatic N) is 3. The summed E-state index contributed by atoms with van der Waals surface area (Å²) in [5.41, 5.74) is 7.31. The fourth-order valence-corrected chi connectivity index (χ4v) is 2.85. The summed E-state index contributed by atoms with van der Waals surface area (Å²) < 4.78 is 12.0. The highest BCUT2D eigenvalue weighted by Gasteiger charge is 2.31. The average molecular weight is 302 g/mol. The minimum Gasteiger partial charge on any atom is -0.465 e. The molecule has 2 unspecified atom stereocenters. The Morgan fingerprint density at radius 3 is 2.64 bits per heavy atom. The molecule has 7 heteroatoms. The summed E-state index contributed by atoms with van der Waals surface area (Å²) in [5.74, 6) is 0.642. The quantitative estimate of drug-likeness (QED) is 0.868. The molecule has 2 aromatic rings. The number of anilines is 1. The highest BCUT2D eigenvalue weighted by Crippen LogP contribution is 2.36. The van der Waals surface area contributed by atoms with E-state index in [2.05, 4.69) is 10.1 Å². The third-order valence-corrected chi connectivity index (χ3v) is 3.96. The summed E-state index contributed by atoms with van der Waals surface area (Å²) in [5, 5.41) is 4.29. The number of esters is 1. The van der Waals surface area contributed by atoms with Crippen molar-refractivity contribution in [2.24, 2.45) is 0 Å². The SMILES string of the molecule is COC(=O)c1ccc(C2CCC(OC)c3nc(N)nn32)cc1. The summed E-state index contributed by atoms with van der Waals surface area (Å²) in [6.45, 7) is 0. The highest BCUT2D eigenvalue weighted by molar-refractivity contribution is 5.89. The number of nitrogen functional groups attached to an aromatic ring is 1. The second kappa shape index (κ2) is 5.76. The van der Waals surface area contributed by atoms with Crippen LogP contribution in [0.2, 0.25) is 0 Å². The van der Waals surface area contributed by atoms with Crippen molar-refractivity contribution in [2.45, 2.75) is 25.0 Å². The van der Waals surface area contributed by atoms with E-state index >= 15 is 0 Å². The van der Waals surface area contributed by atoms with E-state index in [1.165, 1.54) is 7.11 Å². The minimum atomic E-state index is -0.347. The van der Waals surface area contributed by atoms with Gasteiger partial charge in [0.15, 0.2) is 5.82 Å². The summed E-state index contributed by atoms with van der Waals surface area (Å²) in [6.07, 6.45) is 1.62. The van der Waals surface area contributed by atoms with Crippen molar-refractivity contribution >= 4 is 11.9 Å². The molecule has 0 aliphatic carbocycles. The van der Waals surface area contributed by atoms with Crippen LogP contribution in [-0.2, 0) is 9.47 Å². The van der Waals surface area contributed by atoms with Crippen LogP contribution in [0, 0.1) is 0 Å². The molecule has 1 aliphatic rings. The Hall–Kier alpha value is -2.41. The Labute approximate surface area is 128 Å². The van der Waals surface area contributed by atoms with Gasteiger partial charge >= 0.3 is 5.97 Å². The van der Waals surface area contributed by atoms with E-state index in [0.717, 1.165) is 24.2 Å². The molecule has 22 heavy (non-hydrogen) atoms. The molecule has 1 aliphatic heterocycles. The van der Waals surface area contributed by atoms with Gasteiger partial charge in [-0.1, -0.05) is 12.1 Å². The van der Waals surface area contributed by atoms with E-state index in [4.69, 9.17) is 15.2 Å². The molecule has 1 aromatic heterocycles. The lowest BCUT2D eigenvalue weighted by Gasteiger charge is -2.28. The highest BCUT2D eigenvalue weighted by atomic mass is 16.5. The van der Waals surface area contributed by atoms with Crippen molar-refractivity contribution in [2.75, 3.05) is 20.0 Å². The fourth-order valence-electron chi connectivity index (χ4n) is 2.85. The van der Waals surface area contributed by atoms with Crippen molar-refractivity contribution < 1.29 is 14.3 Å². The van der Waals surface area contributed by atoms with E-state index in [9.17, 15) is 4.79 Å². The second-order valence-corrected chi connectivity index (χ2v) is 5.20. The van der Waals surface area contributed by atoms with Crippen molar-refractivity contribution in [3.05, 3.63) is 41.2 Å². The number of aromatic nitrogens is 3. The summed E-state index contributed by atoms with van der Waals surface area (Å²) in [7, 11) is 3.03. The number of nitrogens with two attached hydrogens (primary N) is 1. The van der Waals surface area contributed by atoms with Crippen LogP contribution in [0.25, 0.3) is 0 Å². The van der Waals surface area contributed by atoms with Crippen molar-refractivity contribution in [3.8, 4) is 0 Å². The van der Waals surface area contributed by atoms with Crippen LogP contribution in [0.5, 0.6) is 0 Å². The van der Waals surface area contributed by atoms with Gasteiger partial charge in [0.25, 0.3) is 0 Å². The Morgan fingerprint density at radius 1 is 1.27 bits per heavy atom. The van der Waals surface area contributed by atoms with Gasteiger partial charge in [-0.2, -0.15) is 4.98 Å². The van der Waals surface area contributed by atoms with Gasteiger partial charge in [0, 0.05) is 7.11 Å². The van der Waals surface area contributed by atoms with E-state index in [1.807, 2.05) is 16.8 Å². The number of benzene rings is 1. The van der Waals surface area contributed by atoms with Crippen molar-refractivity contribution in [1.29, 1.82) is 0 Å². The van der Waals surface area contributed by atoms with E-state index in [-0.39, 0.29) is 24.1 Å². The van der Waals surface area contributed by atoms with Gasteiger partial charge in [-0.3, -0.25) is 0 Å². The van der Waals surface area contributed by atoms with Crippen LogP contribution in [-0.4, -0.2) is 35.0 Å². The number of hydrogen-bond acceptors (Lipinski definition) is 6. The topological polar surface area (TPSA) is 92.3 Å². The zero-order chi connectivity index (χ0) is 15.7. The number of carbonyl (C=O) groups excluding carboxylic acids is 1. The molecule has 3 rings (SSSR count). The molecule has 0 radical (unpaired) electrons. The lowest BCUT2D eigenvalue weighted by Crippen LogP contribution is -2.24. The molecular weight excluding hydrogens is 284 g/mol. The number of ether oxygens (including phenoxy) is 2. The van der Waals surface area contributed by atoms with Gasteiger partial charge in [-0.05, 0) is 30.5 Å². The molecule has 0 amide bonds. The number of carbonyl (C=O) groups is 1. The normalized spacial score (nSPS) is 20.5. The Balaban J connectivity index is 1.93. The first-order valence-corrected chi connectivity index (χ1v) is 7.07. The zero-order valence-corrected chi connectivity index (χ0v) is 12.5. The zero-order valence-electron chi connectivity index (χ0n) is 12.5. The Morgan fingerprint density at radius 2 is 2.00 bits per heavy atom. The standard InChI is InChI=1S/C15H18N4O3/c1-21-12-8-7-11(19-13(12)17-15(16)18-19)9-3-5-10(6-4-9)14(20)22-2/h3-6,11-12H,7-8H2,1-2H3,(H2,16,18). The molecule has 0 fully saturated rings. The monoisotopic (exact) mass is 302 g/mol. The molecule has 0 spiro atoms. The van der Waals surface area contributed by atoms with Gasteiger partial charge in [0.2, 0.25) is 5.95 Å².